The van der Waals surface area contributed by atoms with E-state index < -0.39 is 17.8 Å². The Labute approximate surface area is 127 Å². The molecular formula is C17H13NO4. The number of ether oxygens (including phenoxy) is 1. The lowest BCUT2D eigenvalue weighted by Gasteiger charge is -2.13. The molecule has 0 unspecified atom stereocenters. The second-order valence-corrected chi connectivity index (χ2v) is 5.01. The second-order valence-electron chi connectivity index (χ2n) is 5.01. The topological polar surface area (TPSA) is 63.7 Å². The maximum absolute atomic E-state index is 12.2. The van der Waals surface area contributed by atoms with Gasteiger partial charge in [-0.1, -0.05) is 29.8 Å². The molecule has 1 heterocycles. The number of carbonyl (C=O) groups excluding carboxylic acids is 3. The minimum absolute atomic E-state index is 0.339. The van der Waals surface area contributed by atoms with E-state index in [2.05, 4.69) is 0 Å². The minimum atomic E-state index is -0.576. The summed E-state index contributed by atoms with van der Waals surface area (Å²) in [5.41, 5.74) is 1.95. The number of rotatable bonds is 3. The zero-order valence-electron chi connectivity index (χ0n) is 11.9. The number of nitrogens with zero attached hydrogens (tertiary/aromatic N) is 1. The van der Waals surface area contributed by atoms with Crippen LogP contribution in [0.3, 0.4) is 0 Å². The molecule has 0 aliphatic carbocycles. The molecule has 2 aromatic rings. The summed E-state index contributed by atoms with van der Waals surface area (Å²) in [4.78, 5) is 37.2. The van der Waals surface area contributed by atoms with Gasteiger partial charge >= 0.3 is 5.97 Å². The van der Waals surface area contributed by atoms with E-state index in [4.69, 9.17) is 4.74 Å². The van der Waals surface area contributed by atoms with Gasteiger partial charge in [0.1, 0.15) is 0 Å². The van der Waals surface area contributed by atoms with E-state index in [9.17, 15) is 14.4 Å². The summed E-state index contributed by atoms with van der Waals surface area (Å²) in [7, 11) is 0. The molecule has 0 saturated heterocycles. The van der Waals surface area contributed by atoms with Crippen LogP contribution in [-0.2, 0) is 4.74 Å². The molecule has 3 rings (SSSR count). The van der Waals surface area contributed by atoms with Crippen LogP contribution in [0.15, 0.2) is 48.5 Å². The van der Waals surface area contributed by atoms with E-state index in [1.807, 2.05) is 6.92 Å². The number of benzene rings is 2. The van der Waals surface area contributed by atoms with E-state index in [1.165, 1.54) is 0 Å². The standard InChI is InChI=1S/C17H13NO4/c1-11-7-8-13-14(9-11)16(20)18(15(13)19)10-22-17(21)12-5-3-2-4-6-12/h2-9H,10H2,1H3. The number of hydrogen-bond acceptors (Lipinski definition) is 4. The summed E-state index contributed by atoms with van der Waals surface area (Å²) in [5, 5.41) is 0. The minimum Gasteiger partial charge on any atom is -0.440 e. The molecule has 0 saturated carbocycles. The Morgan fingerprint density at radius 3 is 2.41 bits per heavy atom. The maximum atomic E-state index is 12.2. The van der Waals surface area contributed by atoms with Gasteiger partial charge in [0.25, 0.3) is 11.8 Å². The first-order valence-electron chi connectivity index (χ1n) is 6.77. The molecule has 2 amide bonds. The van der Waals surface area contributed by atoms with Gasteiger partial charge in [-0.2, -0.15) is 0 Å². The predicted octanol–water partition coefficient (Wildman–Crippen LogP) is 2.41. The maximum Gasteiger partial charge on any atom is 0.339 e. The van der Waals surface area contributed by atoms with Crippen LogP contribution < -0.4 is 0 Å². The highest BCUT2D eigenvalue weighted by Gasteiger charge is 2.36. The van der Waals surface area contributed by atoms with Crippen LogP contribution in [0.2, 0.25) is 0 Å². The van der Waals surface area contributed by atoms with Crippen LogP contribution >= 0.6 is 0 Å². The van der Waals surface area contributed by atoms with Crippen LogP contribution in [0, 0.1) is 6.92 Å². The smallest absolute Gasteiger partial charge is 0.339 e. The van der Waals surface area contributed by atoms with E-state index >= 15 is 0 Å². The molecular weight excluding hydrogens is 282 g/mol. The van der Waals surface area contributed by atoms with Crippen LogP contribution in [0.25, 0.3) is 0 Å². The van der Waals surface area contributed by atoms with Crippen molar-refractivity contribution in [2.75, 3.05) is 6.73 Å². The van der Waals surface area contributed by atoms with Gasteiger partial charge in [-0.15, -0.1) is 0 Å². The molecule has 0 bridgehead atoms. The Morgan fingerprint density at radius 2 is 1.68 bits per heavy atom. The van der Waals surface area contributed by atoms with Crippen LogP contribution in [-0.4, -0.2) is 29.4 Å². The fourth-order valence-electron chi connectivity index (χ4n) is 2.30. The van der Waals surface area contributed by atoms with E-state index in [0.717, 1.165) is 10.5 Å². The summed E-state index contributed by atoms with van der Waals surface area (Å²) >= 11 is 0. The summed E-state index contributed by atoms with van der Waals surface area (Å²) in [6.07, 6.45) is 0. The highest BCUT2D eigenvalue weighted by Crippen LogP contribution is 2.23. The number of esters is 1. The Balaban J connectivity index is 1.74. The van der Waals surface area contributed by atoms with Crippen molar-refractivity contribution in [1.82, 2.24) is 4.90 Å². The predicted molar refractivity (Wildman–Crippen MR) is 78.4 cm³/mol. The van der Waals surface area contributed by atoms with Gasteiger partial charge in [-0.3, -0.25) is 9.59 Å². The van der Waals surface area contributed by atoms with Crippen LogP contribution in [0.1, 0.15) is 36.6 Å². The third-order valence-corrected chi connectivity index (χ3v) is 3.46. The molecule has 5 heteroatoms. The molecule has 0 aromatic heterocycles. The molecule has 5 nitrogen and oxygen atoms in total. The number of imide groups is 1. The Bertz CT molecular complexity index is 767. The van der Waals surface area contributed by atoms with E-state index in [1.54, 1.807) is 48.5 Å². The third-order valence-electron chi connectivity index (χ3n) is 3.46. The first-order chi connectivity index (χ1) is 10.6. The van der Waals surface area contributed by atoms with Crippen molar-refractivity contribution >= 4 is 17.8 Å². The molecule has 22 heavy (non-hydrogen) atoms. The highest BCUT2D eigenvalue weighted by atomic mass is 16.5. The quantitative estimate of drug-likeness (QED) is 0.644. The van der Waals surface area contributed by atoms with Crippen LogP contribution in [0.4, 0.5) is 0 Å². The zero-order chi connectivity index (χ0) is 15.7. The number of amides is 2. The van der Waals surface area contributed by atoms with Crippen molar-refractivity contribution in [3.05, 3.63) is 70.8 Å². The number of carbonyl (C=O) groups is 3. The zero-order valence-corrected chi connectivity index (χ0v) is 11.9. The van der Waals surface area contributed by atoms with Gasteiger partial charge in [-0.25, -0.2) is 9.69 Å². The lowest BCUT2D eigenvalue weighted by atomic mass is 10.1. The Morgan fingerprint density at radius 1 is 1.00 bits per heavy atom. The average molecular weight is 295 g/mol. The van der Waals surface area contributed by atoms with Crippen molar-refractivity contribution in [3.8, 4) is 0 Å². The molecule has 0 atom stereocenters. The lowest BCUT2D eigenvalue weighted by Crippen LogP contribution is -2.33. The highest BCUT2D eigenvalue weighted by molar-refractivity contribution is 6.21. The van der Waals surface area contributed by atoms with Crippen molar-refractivity contribution in [1.29, 1.82) is 0 Å². The number of aryl methyl sites for hydroxylation is 1. The van der Waals surface area contributed by atoms with Crippen molar-refractivity contribution in [2.45, 2.75) is 6.92 Å². The molecule has 0 spiro atoms. The van der Waals surface area contributed by atoms with Crippen molar-refractivity contribution in [2.24, 2.45) is 0 Å². The molecule has 110 valence electrons. The van der Waals surface area contributed by atoms with E-state index in [-0.39, 0.29) is 6.73 Å². The third kappa shape index (κ3) is 2.37. The van der Waals surface area contributed by atoms with Gasteiger partial charge in [-0.05, 0) is 31.2 Å². The average Bonchev–Trinajstić information content (AvgIpc) is 2.77. The molecule has 0 fully saturated rings. The molecule has 2 aromatic carbocycles. The lowest BCUT2D eigenvalue weighted by molar-refractivity contribution is 0.0228. The van der Waals surface area contributed by atoms with Gasteiger partial charge in [0.05, 0.1) is 16.7 Å². The Kier molecular flexibility index (Phi) is 3.47. The summed E-state index contributed by atoms with van der Waals surface area (Å²) in [5.74, 6) is -1.46. The van der Waals surface area contributed by atoms with Gasteiger partial charge in [0, 0.05) is 0 Å². The van der Waals surface area contributed by atoms with Crippen LogP contribution in [0.5, 0.6) is 0 Å². The fraction of sp³-hybridized carbons (Fsp3) is 0.118. The monoisotopic (exact) mass is 295 g/mol. The number of hydrogen-bond donors (Lipinski definition) is 0. The molecule has 0 N–H and O–H groups in total. The largest absolute Gasteiger partial charge is 0.440 e. The van der Waals surface area contributed by atoms with Gasteiger partial charge in [0.2, 0.25) is 0 Å². The van der Waals surface area contributed by atoms with E-state index in [0.29, 0.717) is 16.7 Å². The van der Waals surface area contributed by atoms with Gasteiger partial charge < -0.3 is 4.74 Å². The normalized spacial score (nSPS) is 13.2. The summed E-state index contributed by atoms with van der Waals surface area (Å²) in [6.45, 7) is 1.45. The summed E-state index contributed by atoms with van der Waals surface area (Å²) < 4.78 is 5.06. The van der Waals surface area contributed by atoms with Crippen molar-refractivity contribution in [3.63, 3.8) is 0 Å². The number of fused-ring (bicyclic) bond motifs is 1. The fourth-order valence-corrected chi connectivity index (χ4v) is 2.30. The molecule has 0 radical (unpaired) electrons. The first kappa shape index (κ1) is 14.0. The summed E-state index contributed by atoms with van der Waals surface area (Å²) in [6, 6.07) is 13.5. The molecule has 1 aliphatic heterocycles. The Hall–Kier alpha value is -2.95. The second kappa shape index (κ2) is 5.44. The van der Waals surface area contributed by atoms with Gasteiger partial charge in [0.15, 0.2) is 6.73 Å². The SMILES string of the molecule is Cc1ccc2c(c1)C(=O)N(COC(=O)c1ccccc1)C2=O. The first-order valence-corrected chi connectivity index (χ1v) is 6.77. The molecule has 1 aliphatic rings. The van der Waals surface area contributed by atoms with Crippen molar-refractivity contribution < 1.29 is 19.1 Å².